The molecule has 0 aliphatic rings. The summed E-state index contributed by atoms with van der Waals surface area (Å²) in [5, 5.41) is 8.21. The van der Waals surface area contributed by atoms with Crippen LogP contribution in [0.4, 0.5) is 0 Å². The third-order valence-electron chi connectivity index (χ3n) is 2.05. The summed E-state index contributed by atoms with van der Waals surface area (Å²) in [5.41, 5.74) is 0. The van der Waals surface area contributed by atoms with Gasteiger partial charge in [0.25, 0.3) is 0 Å². The molecule has 0 aromatic carbocycles. The zero-order valence-electron chi connectivity index (χ0n) is 8.97. The van der Waals surface area contributed by atoms with E-state index >= 15 is 0 Å². The molecule has 0 bridgehead atoms. The Bertz CT molecular complexity index is 401. The zero-order chi connectivity index (χ0) is 12.3. The van der Waals surface area contributed by atoms with E-state index in [0.29, 0.717) is 5.75 Å². The van der Waals surface area contributed by atoms with Crippen molar-refractivity contribution in [3.63, 3.8) is 0 Å². The van der Waals surface area contributed by atoms with E-state index in [1.165, 1.54) is 11.3 Å². The van der Waals surface area contributed by atoms with Crippen LogP contribution in [0.2, 0.25) is 0 Å². The molecule has 3 nitrogen and oxygen atoms in total. The average molecular weight is 325 g/mol. The van der Waals surface area contributed by atoms with Crippen molar-refractivity contribution in [3.8, 4) is 0 Å². The Labute approximate surface area is 109 Å². The summed E-state index contributed by atoms with van der Waals surface area (Å²) in [6, 6.07) is 3.74. The first-order valence-corrected chi connectivity index (χ1v) is 7.75. The van der Waals surface area contributed by atoms with Crippen LogP contribution in [0, 0.1) is 5.92 Å². The van der Waals surface area contributed by atoms with Crippen molar-refractivity contribution in [1.82, 2.24) is 0 Å². The lowest BCUT2D eigenvalue weighted by Gasteiger charge is -2.14. The Kier molecular flexibility index (Phi) is 5.14. The van der Waals surface area contributed by atoms with Gasteiger partial charge in [0, 0.05) is 15.7 Å². The largest absolute Gasteiger partial charge is 0.480 e. The van der Waals surface area contributed by atoms with Gasteiger partial charge in [-0.3, -0.25) is 9.00 Å². The van der Waals surface area contributed by atoms with Gasteiger partial charge in [-0.15, -0.1) is 11.3 Å². The number of carboxylic acids is 1. The quantitative estimate of drug-likeness (QED) is 0.906. The molecular weight excluding hydrogens is 312 g/mol. The van der Waals surface area contributed by atoms with E-state index in [4.69, 9.17) is 5.11 Å². The number of hydrogen-bond acceptors (Lipinski definition) is 3. The van der Waals surface area contributed by atoms with Gasteiger partial charge in [0.15, 0.2) is 0 Å². The molecule has 0 saturated carbocycles. The van der Waals surface area contributed by atoms with E-state index in [9.17, 15) is 9.00 Å². The number of carboxylic acid groups (broad SMARTS) is 1. The third kappa shape index (κ3) is 3.68. The molecule has 0 aliphatic carbocycles. The molecule has 1 N–H and O–H groups in total. The van der Waals surface area contributed by atoms with Crippen molar-refractivity contribution in [1.29, 1.82) is 0 Å². The highest BCUT2D eigenvalue weighted by Crippen LogP contribution is 2.24. The van der Waals surface area contributed by atoms with Gasteiger partial charge < -0.3 is 5.11 Å². The molecule has 0 radical (unpaired) electrons. The second-order valence-electron chi connectivity index (χ2n) is 3.73. The lowest BCUT2D eigenvalue weighted by Crippen LogP contribution is -2.31. The molecule has 0 saturated heterocycles. The summed E-state index contributed by atoms with van der Waals surface area (Å²) in [6.07, 6.45) is 0. The van der Waals surface area contributed by atoms with Gasteiger partial charge in [0.2, 0.25) is 0 Å². The maximum Gasteiger partial charge on any atom is 0.319 e. The van der Waals surface area contributed by atoms with Gasteiger partial charge in [-0.05, 0) is 34.0 Å². The maximum atomic E-state index is 11.9. The molecule has 1 rings (SSSR count). The van der Waals surface area contributed by atoms with Gasteiger partial charge in [-0.2, -0.15) is 0 Å². The second kappa shape index (κ2) is 5.93. The first-order valence-electron chi connectivity index (χ1n) is 4.76. The van der Waals surface area contributed by atoms with E-state index in [1.54, 1.807) is 13.8 Å². The zero-order valence-corrected chi connectivity index (χ0v) is 12.2. The summed E-state index contributed by atoms with van der Waals surface area (Å²) in [7, 11) is -1.37. The number of carbonyl (C=O) groups is 1. The standard InChI is InChI=1S/C10H13BrO3S2/c1-6(2)9(10(12)13)16(14)5-7-3-4-8(11)15-7/h3-4,6,9H,5H2,1-2H3,(H,12,13). The molecule has 0 spiro atoms. The van der Waals surface area contributed by atoms with Gasteiger partial charge in [0.1, 0.15) is 5.25 Å². The Hall–Kier alpha value is -0.200. The third-order valence-corrected chi connectivity index (χ3v) is 5.76. The lowest BCUT2D eigenvalue weighted by molar-refractivity contribution is -0.137. The minimum atomic E-state index is -1.37. The number of aliphatic carboxylic acids is 1. The fourth-order valence-corrected chi connectivity index (χ4v) is 4.61. The van der Waals surface area contributed by atoms with Crippen LogP contribution in [-0.4, -0.2) is 20.5 Å². The number of thiophene rings is 1. The Balaban J connectivity index is 2.73. The number of rotatable bonds is 5. The van der Waals surface area contributed by atoms with Crippen LogP contribution in [0.3, 0.4) is 0 Å². The maximum absolute atomic E-state index is 11.9. The molecule has 16 heavy (non-hydrogen) atoms. The fraction of sp³-hybridized carbons (Fsp3) is 0.500. The molecule has 1 aromatic heterocycles. The molecule has 0 amide bonds. The Morgan fingerprint density at radius 2 is 2.19 bits per heavy atom. The first-order chi connectivity index (χ1) is 7.41. The molecule has 2 atom stereocenters. The van der Waals surface area contributed by atoms with E-state index in [2.05, 4.69) is 15.9 Å². The van der Waals surface area contributed by atoms with Crippen molar-refractivity contribution in [2.75, 3.05) is 0 Å². The highest BCUT2D eigenvalue weighted by molar-refractivity contribution is 9.11. The van der Waals surface area contributed by atoms with Gasteiger partial charge >= 0.3 is 5.97 Å². The van der Waals surface area contributed by atoms with E-state index in [1.807, 2.05) is 12.1 Å². The van der Waals surface area contributed by atoms with E-state index in [0.717, 1.165) is 8.66 Å². The molecule has 1 aromatic rings. The molecule has 1 heterocycles. The first kappa shape index (κ1) is 13.9. The van der Waals surface area contributed by atoms with Crippen LogP contribution in [0.25, 0.3) is 0 Å². The molecule has 6 heteroatoms. The molecule has 90 valence electrons. The fourth-order valence-electron chi connectivity index (χ4n) is 1.36. The van der Waals surface area contributed by atoms with Crippen molar-refractivity contribution >= 4 is 44.0 Å². The van der Waals surface area contributed by atoms with Crippen LogP contribution < -0.4 is 0 Å². The van der Waals surface area contributed by atoms with Crippen LogP contribution in [0.15, 0.2) is 15.9 Å². The minimum Gasteiger partial charge on any atom is -0.480 e. The topological polar surface area (TPSA) is 54.4 Å². The minimum absolute atomic E-state index is 0.123. The average Bonchev–Trinajstić information content (AvgIpc) is 2.49. The van der Waals surface area contributed by atoms with Gasteiger partial charge in [-0.1, -0.05) is 13.8 Å². The number of hydrogen-bond donors (Lipinski definition) is 1. The SMILES string of the molecule is CC(C)C(C(=O)O)S(=O)Cc1ccc(Br)s1. The van der Waals surface area contributed by atoms with E-state index in [-0.39, 0.29) is 5.92 Å². The van der Waals surface area contributed by atoms with Crippen molar-refractivity contribution in [3.05, 3.63) is 20.8 Å². The van der Waals surface area contributed by atoms with Crippen molar-refractivity contribution < 1.29 is 14.1 Å². The predicted molar refractivity (Wildman–Crippen MR) is 70.1 cm³/mol. The summed E-state index contributed by atoms with van der Waals surface area (Å²) >= 11 is 4.81. The molecular formula is C10H13BrO3S2. The van der Waals surface area contributed by atoms with E-state index < -0.39 is 22.0 Å². The number of halogens is 1. The van der Waals surface area contributed by atoms with Gasteiger partial charge in [-0.25, -0.2) is 0 Å². The lowest BCUT2D eigenvalue weighted by atomic mass is 10.1. The Morgan fingerprint density at radius 1 is 1.56 bits per heavy atom. The normalized spacial score (nSPS) is 15.0. The van der Waals surface area contributed by atoms with Crippen molar-refractivity contribution in [2.45, 2.75) is 24.9 Å². The highest BCUT2D eigenvalue weighted by Gasteiger charge is 2.28. The molecule has 0 aliphatic heterocycles. The molecule has 2 unspecified atom stereocenters. The Morgan fingerprint density at radius 3 is 2.56 bits per heavy atom. The smallest absolute Gasteiger partial charge is 0.319 e. The highest BCUT2D eigenvalue weighted by atomic mass is 79.9. The van der Waals surface area contributed by atoms with Crippen LogP contribution in [-0.2, 0) is 21.3 Å². The summed E-state index contributed by atoms with van der Waals surface area (Å²) in [4.78, 5) is 11.9. The van der Waals surface area contributed by atoms with Crippen LogP contribution in [0.5, 0.6) is 0 Å². The van der Waals surface area contributed by atoms with Crippen LogP contribution >= 0.6 is 27.3 Å². The predicted octanol–water partition coefficient (Wildman–Crippen LogP) is 2.87. The monoisotopic (exact) mass is 324 g/mol. The summed E-state index contributed by atoms with van der Waals surface area (Å²) < 4.78 is 12.9. The van der Waals surface area contributed by atoms with Crippen LogP contribution in [0.1, 0.15) is 18.7 Å². The molecule has 0 fully saturated rings. The van der Waals surface area contributed by atoms with Crippen molar-refractivity contribution in [2.24, 2.45) is 5.92 Å². The van der Waals surface area contributed by atoms with Gasteiger partial charge in [0.05, 0.1) is 9.54 Å². The second-order valence-corrected chi connectivity index (χ2v) is 7.84. The summed E-state index contributed by atoms with van der Waals surface area (Å²) in [6.45, 7) is 3.56. The summed E-state index contributed by atoms with van der Waals surface area (Å²) in [5.74, 6) is -0.795.